The monoisotopic (exact) mass is 452 g/mol. The van der Waals surface area contributed by atoms with Gasteiger partial charge in [0.15, 0.2) is 5.65 Å². The molecule has 0 radical (unpaired) electrons. The first-order chi connectivity index (χ1) is 16.4. The van der Waals surface area contributed by atoms with E-state index < -0.39 is 0 Å². The van der Waals surface area contributed by atoms with Crippen LogP contribution >= 0.6 is 0 Å². The van der Waals surface area contributed by atoms with Crippen molar-refractivity contribution in [3.05, 3.63) is 89.7 Å². The smallest absolute Gasteiger partial charge is 0.257 e. The molecular formula is C29H32N4O. The third kappa shape index (κ3) is 4.47. The molecule has 174 valence electrons. The molecule has 0 atom stereocenters. The number of nitrogens with zero attached hydrogens (tertiary/aromatic N) is 4. The lowest BCUT2D eigenvalue weighted by atomic mass is 9.90. The molecule has 1 saturated heterocycles. The SMILES string of the molecule is CC(C)(C)c1cc2ncc(C(=O)N3CCC(Cc4ccccc4)CC3)c(-c3ccccc3)n2n1. The van der Waals surface area contributed by atoms with Crippen LogP contribution in [0.3, 0.4) is 0 Å². The van der Waals surface area contributed by atoms with Gasteiger partial charge in [0, 0.05) is 36.3 Å². The first-order valence-electron chi connectivity index (χ1n) is 12.2. The van der Waals surface area contributed by atoms with Crippen LogP contribution in [0, 0.1) is 5.92 Å². The van der Waals surface area contributed by atoms with Crippen LogP contribution in [-0.2, 0) is 11.8 Å². The van der Waals surface area contributed by atoms with Gasteiger partial charge in [0.05, 0.1) is 17.0 Å². The number of likely N-dealkylation sites (tertiary alicyclic amines) is 1. The fraction of sp³-hybridized carbons (Fsp3) is 0.345. The third-order valence-corrected chi connectivity index (χ3v) is 6.80. The van der Waals surface area contributed by atoms with Gasteiger partial charge in [-0.2, -0.15) is 5.10 Å². The normalized spacial score (nSPS) is 15.1. The van der Waals surface area contributed by atoms with Gasteiger partial charge in [-0.1, -0.05) is 81.4 Å². The molecule has 34 heavy (non-hydrogen) atoms. The molecule has 5 heteroatoms. The van der Waals surface area contributed by atoms with Crippen molar-refractivity contribution in [2.75, 3.05) is 13.1 Å². The van der Waals surface area contributed by atoms with Gasteiger partial charge in [-0.25, -0.2) is 9.50 Å². The van der Waals surface area contributed by atoms with Gasteiger partial charge in [0.25, 0.3) is 5.91 Å². The summed E-state index contributed by atoms with van der Waals surface area (Å²) in [6, 6.07) is 22.7. The summed E-state index contributed by atoms with van der Waals surface area (Å²) in [5, 5.41) is 4.89. The number of rotatable bonds is 4. The second kappa shape index (κ2) is 9.05. The lowest BCUT2D eigenvalue weighted by molar-refractivity contribution is 0.0690. The summed E-state index contributed by atoms with van der Waals surface area (Å²) in [7, 11) is 0. The second-order valence-electron chi connectivity index (χ2n) is 10.4. The van der Waals surface area contributed by atoms with Crippen molar-refractivity contribution < 1.29 is 4.79 Å². The molecule has 2 aromatic carbocycles. The van der Waals surface area contributed by atoms with Crippen LogP contribution < -0.4 is 0 Å². The Hall–Kier alpha value is -3.47. The summed E-state index contributed by atoms with van der Waals surface area (Å²) < 4.78 is 1.85. The molecule has 2 aromatic heterocycles. The highest BCUT2D eigenvalue weighted by atomic mass is 16.2. The number of hydrogen-bond acceptors (Lipinski definition) is 3. The van der Waals surface area contributed by atoms with Crippen LogP contribution in [0.15, 0.2) is 72.9 Å². The summed E-state index contributed by atoms with van der Waals surface area (Å²) >= 11 is 0. The van der Waals surface area contributed by atoms with Gasteiger partial charge >= 0.3 is 0 Å². The Morgan fingerprint density at radius 2 is 1.62 bits per heavy atom. The van der Waals surface area contributed by atoms with Crippen molar-refractivity contribution in [3.63, 3.8) is 0 Å². The highest BCUT2D eigenvalue weighted by molar-refractivity contribution is 6.00. The Morgan fingerprint density at radius 1 is 0.971 bits per heavy atom. The maximum Gasteiger partial charge on any atom is 0.257 e. The summed E-state index contributed by atoms with van der Waals surface area (Å²) in [5.41, 5.74) is 5.40. The van der Waals surface area contributed by atoms with Gasteiger partial charge in [-0.05, 0) is 30.7 Å². The highest BCUT2D eigenvalue weighted by Gasteiger charge is 2.28. The van der Waals surface area contributed by atoms with Crippen LogP contribution in [0.2, 0.25) is 0 Å². The molecule has 0 unspecified atom stereocenters. The fourth-order valence-corrected chi connectivity index (χ4v) is 4.79. The molecule has 0 bridgehead atoms. The molecule has 4 aromatic rings. The average Bonchev–Trinajstić information content (AvgIpc) is 3.30. The Kier molecular flexibility index (Phi) is 5.94. The zero-order chi connectivity index (χ0) is 23.7. The number of piperidine rings is 1. The Morgan fingerprint density at radius 3 is 2.26 bits per heavy atom. The van der Waals surface area contributed by atoms with Crippen molar-refractivity contribution in [1.82, 2.24) is 19.5 Å². The molecule has 1 amide bonds. The van der Waals surface area contributed by atoms with E-state index in [9.17, 15) is 4.79 Å². The standard InChI is InChI=1S/C29H32N4O/c1-29(2,3)25-19-26-30-20-24(27(33(26)31-25)23-12-8-5-9-13-23)28(34)32-16-14-22(15-17-32)18-21-10-6-4-7-11-21/h4-13,19-20,22H,14-18H2,1-3H3. The number of aromatic nitrogens is 3. The number of carbonyl (C=O) groups excluding carboxylic acids is 1. The van der Waals surface area contributed by atoms with E-state index in [-0.39, 0.29) is 11.3 Å². The van der Waals surface area contributed by atoms with Gasteiger partial charge < -0.3 is 4.90 Å². The molecule has 1 fully saturated rings. The quantitative estimate of drug-likeness (QED) is 0.394. The van der Waals surface area contributed by atoms with Crippen molar-refractivity contribution in [2.24, 2.45) is 5.92 Å². The summed E-state index contributed by atoms with van der Waals surface area (Å²) in [6.45, 7) is 7.97. The van der Waals surface area contributed by atoms with E-state index in [4.69, 9.17) is 5.10 Å². The molecule has 0 spiro atoms. The van der Waals surface area contributed by atoms with E-state index in [1.165, 1.54) is 5.56 Å². The van der Waals surface area contributed by atoms with E-state index in [1.807, 2.05) is 45.8 Å². The molecule has 3 heterocycles. The topological polar surface area (TPSA) is 50.5 Å². The van der Waals surface area contributed by atoms with Crippen molar-refractivity contribution in [2.45, 2.75) is 45.4 Å². The summed E-state index contributed by atoms with van der Waals surface area (Å²) in [6.07, 6.45) is 4.86. The molecule has 0 N–H and O–H groups in total. The van der Waals surface area contributed by atoms with Crippen LogP contribution in [0.5, 0.6) is 0 Å². The Balaban J connectivity index is 1.44. The minimum Gasteiger partial charge on any atom is -0.339 e. The fourth-order valence-electron chi connectivity index (χ4n) is 4.79. The molecule has 1 aliphatic rings. The summed E-state index contributed by atoms with van der Waals surface area (Å²) in [5.74, 6) is 0.653. The minimum atomic E-state index is -0.105. The predicted octanol–water partition coefficient (Wildman–Crippen LogP) is 5.79. The summed E-state index contributed by atoms with van der Waals surface area (Å²) in [4.78, 5) is 20.4. The molecular weight excluding hydrogens is 420 g/mol. The van der Waals surface area contributed by atoms with E-state index in [0.717, 1.165) is 55.0 Å². The van der Waals surface area contributed by atoms with Crippen LogP contribution in [0.4, 0.5) is 0 Å². The molecule has 0 saturated carbocycles. The first-order valence-corrected chi connectivity index (χ1v) is 12.2. The zero-order valence-electron chi connectivity index (χ0n) is 20.2. The largest absolute Gasteiger partial charge is 0.339 e. The predicted molar refractivity (Wildman–Crippen MR) is 136 cm³/mol. The van der Waals surface area contributed by atoms with Crippen molar-refractivity contribution >= 4 is 11.6 Å². The first kappa shape index (κ1) is 22.3. The highest BCUT2D eigenvalue weighted by Crippen LogP contribution is 2.30. The molecule has 1 aliphatic heterocycles. The van der Waals surface area contributed by atoms with Crippen molar-refractivity contribution in [1.29, 1.82) is 0 Å². The van der Waals surface area contributed by atoms with Gasteiger partial charge in [0.2, 0.25) is 0 Å². The van der Waals surface area contributed by atoms with E-state index in [1.54, 1.807) is 6.20 Å². The third-order valence-electron chi connectivity index (χ3n) is 6.80. The Bertz CT molecular complexity index is 1280. The zero-order valence-corrected chi connectivity index (χ0v) is 20.2. The van der Waals surface area contributed by atoms with E-state index in [2.05, 4.69) is 56.1 Å². The molecule has 5 nitrogen and oxygen atoms in total. The maximum atomic E-state index is 13.8. The number of carbonyl (C=O) groups is 1. The second-order valence-corrected chi connectivity index (χ2v) is 10.4. The lowest BCUT2D eigenvalue weighted by Gasteiger charge is -2.32. The Labute approximate surface area is 201 Å². The van der Waals surface area contributed by atoms with E-state index in [0.29, 0.717) is 11.5 Å². The average molecular weight is 453 g/mol. The van der Waals surface area contributed by atoms with Crippen molar-refractivity contribution in [3.8, 4) is 11.3 Å². The van der Waals surface area contributed by atoms with Crippen LogP contribution in [-0.4, -0.2) is 38.5 Å². The van der Waals surface area contributed by atoms with E-state index >= 15 is 0 Å². The number of fused-ring (bicyclic) bond motifs is 1. The molecule has 5 rings (SSSR count). The molecule has 0 aliphatic carbocycles. The van der Waals surface area contributed by atoms with Gasteiger partial charge in [0.1, 0.15) is 0 Å². The number of amides is 1. The maximum absolute atomic E-state index is 13.8. The van der Waals surface area contributed by atoms with Crippen LogP contribution in [0.1, 0.15) is 55.2 Å². The van der Waals surface area contributed by atoms with Gasteiger partial charge in [-0.3, -0.25) is 4.79 Å². The van der Waals surface area contributed by atoms with Gasteiger partial charge in [-0.15, -0.1) is 0 Å². The van der Waals surface area contributed by atoms with Crippen LogP contribution in [0.25, 0.3) is 16.9 Å². The minimum absolute atomic E-state index is 0.0409. The number of benzene rings is 2. The lowest BCUT2D eigenvalue weighted by Crippen LogP contribution is -2.39. The number of hydrogen-bond donors (Lipinski definition) is 0.